The molecule has 0 bridgehead atoms. The summed E-state index contributed by atoms with van der Waals surface area (Å²) >= 11 is 1.84. The van der Waals surface area contributed by atoms with Gasteiger partial charge in [-0.05, 0) is 52.2 Å². The Labute approximate surface area is 279 Å². The maximum atomic E-state index is 6.23. The van der Waals surface area contributed by atoms with E-state index in [-0.39, 0.29) is 0 Å². The van der Waals surface area contributed by atoms with E-state index in [4.69, 9.17) is 19.4 Å². The first-order valence-corrected chi connectivity index (χ1v) is 16.7. The topological polar surface area (TPSA) is 51.8 Å². The number of benzene rings is 7. The molecule has 3 heterocycles. The molecule has 4 nitrogen and oxygen atoms in total. The largest absolute Gasteiger partial charge is 0.456 e. The molecule has 10 aromatic rings. The molecule has 0 saturated heterocycles. The normalized spacial score (nSPS) is 11.8. The number of nitrogens with zero attached hydrogens (tertiary/aromatic N) is 3. The van der Waals surface area contributed by atoms with Crippen LogP contribution in [-0.4, -0.2) is 15.0 Å². The number of hydrogen-bond donors (Lipinski definition) is 0. The van der Waals surface area contributed by atoms with E-state index in [1.54, 1.807) is 0 Å². The quantitative estimate of drug-likeness (QED) is 0.194. The first-order chi connectivity index (χ1) is 23.7. The number of fused-ring (bicyclic) bond motifs is 7. The first-order valence-electron chi connectivity index (χ1n) is 15.9. The van der Waals surface area contributed by atoms with Crippen molar-refractivity contribution in [2.24, 2.45) is 0 Å². The molecule has 0 fully saturated rings. The van der Waals surface area contributed by atoms with Crippen molar-refractivity contribution < 1.29 is 4.42 Å². The monoisotopic (exact) mass is 631 g/mol. The number of para-hydroxylation sites is 1. The maximum Gasteiger partial charge on any atom is 0.164 e. The summed E-state index contributed by atoms with van der Waals surface area (Å²) in [6.07, 6.45) is 0. The van der Waals surface area contributed by atoms with Gasteiger partial charge in [0.25, 0.3) is 0 Å². The Morgan fingerprint density at radius 3 is 1.85 bits per heavy atom. The minimum atomic E-state index is 0.602. The van der Waals surface area contributed by atoms with Gasteiger partial charge in [0.05, 0.1) is 0 Å². The van der Waals surface area contributed by atoms with Gasteiger partial charge in [-0.1, -0.05) is 121 Å². The van der Waals surface area contributed by atoms with Crippen molar-refractivity contribution >= 4 is 64.2 Å². The van der Waals surface area contributed by atoms with Crippen molar-refractivity contribution in [2.45, 2.75) is 0 Å². The molecular formula is C43H25N3OS. The van der Waals surface area contributed by atoms with Gasteiger partial charge in [-0.3, -0.25) is 0 Å². The van der Waals surface area contributed by atoms with E-state index in [0.717, 1.165) is 49.6 Å². The maximum absolute atomic E-state index is 6.23. The van der Waals surface area contributed by atoms with Crippen molar-refractivity contribution in [3.63, 3.8) is 0 Å². The molecule has 224 valence electrons. The molecule has 0 aliphatic heterocycles. The fourth-order valence-corrected chi connectivity index (χ4v) is 7.97. The van der Waals surface area contributed by atoms with Gasteiger partial charge in [-0.25, -0.2) is 15.0 Å². The third kappa shape index (κ3) is 4.40. The van der Waals surface area contributed by atoms with Crippen LogP contribution in [0.25, 0.3) is 98.2 Å². The summed E-state index contributed by atoms with van der Waals surface area (Å²) in [5, 5.41) is 7.08. The lowest BCUT2D eigenvalue weighted by atomic mass is 10.0. The highest BCUT2D eigenvalue weighted by Crippen LogP contribution is 2.40. The summed E-state index contributed by atoms with van der Waals surface area (Å²) in [4.78, 5) is 15.1. The van der Waals surface area contributed by atoms with Crippen LogP contribution < -0.4 is 0 Å². The van der Waals surface area contributed by atoms with Crippen LogP contribution in [0.15, 0.2) is 156 Å². The number of hydrogen-bond acceptors (Lipinski definition) is 5. The fraction of sp³-hybridized carbons (Fsp3) is 0. The summed E-state index contributed by atoms with van der Waals surface area (Å²) < 4.78 is 8.83. The SMILES string of the molecule is c1ccc2cc(-c3nc(-c4ccc(-c5cccc6c5sc5ccccc56)cc4)nc(-c4ccc5c(c4)oc4ccccc45)n3)ccc2c1. The Morgan fingerprint density at radius 2 is 1.00 bits per heavy atom. The molecule has 10 rings (SSSR count). The van der Waals surface area contributed by atoms with Crippen LogP contribution in [0, 0.1) is 0 Å². The molecule has 3 aromatic heterocycles. The summed E-state index contributed by atoms with van der Waals surface area (Å²) in [5.74, 6) is 1.86. The highest BCUT2D eigenvalue weighted by Gasteiger charge is 2.16. The molecule has 0 radical (unpaired) electrons. The van der Waals surface area contributed by atoms with Crippen molar-refractivity contribution in [3.05, 3.63) is 152 Å². The average Bonchev–Trinajstić information content (AvgIpc) is 3.73. The number of furan rings is 1. The van der Waals surface area contributed by atoms with Gasteiger partial charge in [0.1, 0.15) is 11.2 Å². The molecule has 5 heteroatoms. The van der Waals surface area contributed by atoms with Crippen LogP contribution in [0.1, 0.15) is 0 Å². The van der Waals surface area contributed by atoms with Crippen LogP contribution in [0.4, 0.5) is 0 Å². The molecule has 0 aliphatic rings. The number of thiophene rings is 1. The van der Waals surface area contributed by atoms with E-state index in [0.29, 0.717) is 17.5 Å². The van der Waals surface area contributed by atoms with E-state index in [1.807, 2.05) is 35.6 Å². The standard InChI is InChI=1S/C43H25N3OS/c1-2-9-29-24-30(21-16-26(29)8-1)42-44-41(45-43(46-42)31-22-23-34-33-10-3-5-14-37(33)47-38(34)25-31)28-19-17-27(18-20-28)32-12-7-13-36-35-11-4-6-15-39(35)48-40(32)36/h1-25H. The zero-order chi connectivity index (χ0) is 31.6. The summed E-state index contributed by atoms with van der Waals surface area (Å²) in [5.41, 5.74) is 6.81. The van der Waals surface area contributed by atoms with Crippen molar-refractivity contribution in [1.29, 1.82) is 0 Å². The Hall–Kier alpha value is -6.17. The molecule has 7 aromatic carbocycles. The summed E-state index contributed by atoms with van der Waals surface area (Å²) in [6, 6.07) is 52.8. The second-order valence-corrected chi connectivity index (χ2v) is 13.1. The van der Waals surface area contributed by atoms with E-state index in [1.165, 1.54) is 31.1 Å². The van der Waals surface area contributed by atoms with E-state index < -0.39 is 0 Å². The van der Waals surface area contributed by atoms with E-state index in [9.17, 15) is 0 Å². The Kier molecular flexibility index (Phi) is 6.01. The van der Waals surface area contributed by atoms with Gasteiger partial charge in [0.2, 0.25) is 0 Å². The Bertz CT molecular complexity index is 2850. The van der Waals surface area contributed by atoms with Gasteiger partial charge >= 0.3 is 0 Å². The summed E-state index contributed by atoms with van der Waals surface area (Å²) in [6.45, 7) is 0. The lowest BCUT2D eigenvalue weighted by Crippen LogP contribution is -2.00. The molecule has 0 N–H and O–H groups in total. The molecular weight excluding hydrogens is 607 g/mol. The fourth-order valence-electron chi connectivity index (χ4n) is 6.73. The lowest BCUT2D eigenvalue weighted by molar-refractivity contribution is 0.669. The van der Waals surface area contributed by atoms with Gasteiger partial charge in [0.15, 0.2) is 17.5 Å². The zero-order valence-corrected chi connectivity index (χ0v) is 26.4. The van der Waals surface area contributed by atoms with Crippen LogP contribution in [0.5, 0.6) is 0 Å². The van der Waals surface area contributed by atoms with Crippen LogP contribution >= 0.6 is 11.3 Å². The Morgan fingerprint density at radius 1 is 0.396 bits per heavy atom. The molecule has 0 unspecified atom stereocenters. The molecule has 48 heavy (non-hydrogen) atoms. The van der Waals surface area contributed by atoms with Crippen LogP contribution in [0.2, 0.25) is 0 Å². The highest BCUT2D eigenvalue weighted by atomic mass is 32.1. The van der Waals surface area contributed by atoms with Crippen molar-refractivity contribution in [2.75, 3.05) is 0 Å². The molecule has 0 spiro atoms. The molecule has 0 saturated carbocycles. The first kappa shape index (κ1) is 27.0. The van der Waals surface area contributed by atoms with Crippen LogP contribution in [-0.2, 0) is 0 Å². The van der Waals surface area contributed by atoms with Crippen molar-refractivity contribution in [3.8, 4) is 45.3 Å². The smallest absolute Gasteiger partial charge is 0.164 e. The zero-order valence-electron chi connectivity index (χ0n) is 25.6. The molecule has 0 amide bonds. The third-order valence-electron chi connectivity index (χ3n) is 9.14. The predicted octanol–water partition coefficient (Wildman–Crippen LogP) is 12.0. The molecule has 0 aliphatic carbocycles. The van der Waals surface area contributed by atoms with Crippen molar-refractivity contribution in [1.82, 2.24) is 15.0 Å². The second kappa shape index (κ2) is 10.7. The highest BCUT2D eigenvalue weighted by molar-refractivity contribution is 7.26. The Balaban J connectivity index is 1.11. The number of aromatic nitrogens is 3. The van der Waals surface area contributed by atoms with Gasteiger partial charge in [0, 0.05) is 47.6 Å². The third-order valence-corrected chi connectivity index (χ3v) is 10.4. The van der Waals surface area contributed by atoms with E-state index >= 15 is 0 Å². The average molecular weight is 632 g/mol. The van der Waals surface area contributed by atoms with E-state index in [2.05, 4.69) is 127 Å². The predicted molar refractivity (Wildman–Crippen MR) is 199 cm³/mol. The summed E-state index contributed by atoms with van der Waals surface area (Å²) in [7, 11) is 0. The lowest BCUT2D eigenvalue weighted by Gasteiger charge is -2.10. The molecule has 0 atom stereocenters. The van der Waals surface area contributed by atoms with Gasteiger partial charge in [-0.15, -0.1) is 11.3 Å². The minimum Gasteiger partial charge on any atom is -0.456 e. The van der Waals surface area contributed by atoms with Crippen LogP contribution in [0.3, 0.4) is 0 Å². The minimum absolute atomic E-state index is 0.602. The van der Waals surface area contributed by atoms with Gasteiger partial charge in [-0.2, -0.15) is 0 Å². The number of rotatable bonds is 4. The van der Waals surface area contributed by atoms with Gasteiger partial charge < -0.3 is 4.42 Å². The second-order valence-electron chi connectivity index (χ2n) is 12.0.